The summed E-state index contributed by atoms with van der Waals surface area (Å²) in [7, 11) is -3.77. The van der Waals surface area contributed by atoms with Crippen molar-refractivity contribution >= 4 is 15.9 Å². The minimum absolute atomic E-state index is 0.0262. The van der Waals surface area contributed by atoms with E-state index < -0.39 is 15.8 Å². The maximum Gasteiger partial charge on any atom is 0.240 e. The highest BCUT2D eigenvalue weighted by Gasteiger charge is 2.35. The van der Waals surface area contributed by atoms with Gasteiger partial charge in [-0.3, -0.25) is 4.79 Å². The van der Waals surface area contributed by atoms with Gasteiger partial charge in [0.2, 0.25) is 15.9 Å². The summed E-state index contributed by atoms with van der Waals surface area (Å²) in [6.45, 7) is 2.44. The highest BCUT2D eigenvalue weighted by atomic mass is 32.2. The molecule has 132 valence electrons. The van der Waals surface area contributed by atoms with E-state index in [2.05, 4.69) is 4.72 Å². The molecule has 1 aliphatic carbocycles. The van der Waals surface area contributed by atoms with Gasteiger partial charge in [-0.15, -0.1) is 0 Å². The molecule has 0 bridgehead atoms. The third-order valence-corrected chi connectivity index (χ3v) is 6.57. The number of nitrogens with one attached hydrogen (secondary N) is 1. The molecule has 1 N–H and O–H groups in total. The van der Waals surface area contributed by atoms with Crippen LogP contribution in [0.1, 0.15) is 37.7 Å². The largest absolute Gasteiger partial charge is 0.339 e. The third kappa shape index (κ3) is 3.62. The Morgan fingerprint density at radius 3 is 2.71 bits per heavy atom. The van der Waals surface area contributed by atoms with Gasteiger partial charge in [0.15, 0.2) is 0 Å². The molecule has 0 aromatic heterocycles. The van der Waals surface area contributed by atoms with Crippen molar-refractivity contribution in [1.29, 1.82) is 0 Å². The number of benzene rings is 1. The maximum atomic E-state index is 13.4. The van der Waals surface area contributed by atoms with E-state index in [1.165, 1.54) is 12.1 Å². The SMILES string of the molecule is Cc1ccc(F)cc1S(=O)(=O)NCC1CC(=O)N(C2CCCC2)C1. The third-order valence-electron chi connectivity index (χ3n) is 5.01. The maximum absolute atomic E-state index is 13.4. The summed E-state index contributed by atoms with van der Waals surface area (Å²) >= 11 is 0. The van der Waals surface area contributed by atoms with Crippen molar-refractivity contribution in [2.45, 2.75) is 50.0 Å². The molecule has 1 saturated carbocycles. The molecule has 1 saturated heterocycles. The van der Waals surface area contributed by atoms with Crippen LogP contribution in [-0.2, 0) is 14.8 Å². The molecule has 7 heteroatoms. The van der Waals surface area contributed by atoms with Crippen LogP contribution in [0.4, 0.5) is 4.39 Å². The first-order chi connectivity index (χ1) is 11.4. The molecule has 1 atom stereocenters. The normalized spacial score (nSPS) is 22.5. The molecule has 1 aliphatic heterocycles. The first-order valence-electron chi connectivity index (χ1n) is 8.42. The highest BCUT2D eigenvalue weighted by molar-refractivity contribution is 7.89. The molecule has 1 aromatic rings. The zero-order valence-corrected chi connectivity index (χ0v) is 14.6. The van der Waals surface area contributed by atoms with E-state index in [0.717, 1.165) is 31.7 Å². The number of likely N-dealkylation sites (tertiary alicyclic amines) is 1. The Labute approximate surface area is 142 Å². The molecule has 1 unspecified atom stereocenters. The van der Waals surface area contributed by atoms with Gasteiger partial charge in [0.05, 0.1) is 4.90 Å². The Kier molecular flexibility index (Phi) is 4.92. The van der Waals surface area contributed by atoms with Gasteiger partial charge in [-0.2, -0.15) is 0 Å². The fourth-order valence-electron chi connectivity index (χ4n) is 3.68. The number of halogens is 1. The lowest BCUT2D eigenvalue weighted by molar-refractivity contribution is -0.129. The Hall–Kier alpha value is -1.47. The minimum Gasteiger partial charge on any atom is -0.339 e. The average Bonchev–Trinajstić information content (AvgIpc) is 3.17. The Morgan fingerprint density at radius 1 is 1.29 bits per heavy atom. The van der Waals surface area contributed by atoms with Crippen LogP contribution < -0.4 is 4.72 Å². The number of nitrogens with zero attached hydrogens (tertiary/aromatic N) is 1. The zero-order chi connectivity index (χ0) is 17.3. The van der Waals surface area contributed by atoms with Gasteiger partial charge in [0, 0.05) is 25.6 Å². The Morgan fingerprint density at radius 2 is 2.00 bits per heavy atom. The predicted octanol–water partition coefficient (Wildman–Crippen LogP) is 2.20. The van der Waals surface area contributed by atoms with Crippen molar-refractivity contribution in [3.63, 3.8) is 0 Å². The lowest BCUT2D eigenvalue weighted by Crippen LogP contribution is -2.36. The van der Waals surface area contributed by atoms with E-state index in [1.54, 1.807) is 6.92 Å². The number of hydrogen-bond acceptors (Lipinski definition) is 3. The number of aryl methyl sites for hydroxylation is 1. The van der Waals surface area contributed by atoms with E-state index in [9.17, 15) is 17.6 Å². The van der Waals surface area contributed by atoms with Crippen molar-refractivity contribution in [2.75, 3.05) is 13.1 Å². The standard InChI is InChI=1S/C17H23FN2O3S/c1-12-6-7-14(18)9-16(12)24(22,23)19-10-13-8-17(21)20(11-13)15-4-2-3-5-15/h6-7,9,13,15,19H,2-5,8,10-11H2,1H3. The van der Waals surface area contributed by atoms with Gasteiger partial charge in [-0.1, -0.05) is 18.9 Å². The molecule has 24 heavy (non-hydrogen) atoms. The summed E-state index contributed by atoms with van der Waals surface area (Å²) in [5.74, 6) is -0.487. The molecule has 0 spiro atoms. The van der Waals surface area contributed by atoms with Crippen LogP contribution in [-0.4, -0.2) is 38.4 Å². The zero-order valence-electron chi connectivity index (χ0n) is 13.8. The van der Waals surface area contributed by atoms with Gasteiger partial charge >= 0.3 is 0 Å². The number of hydrogen-bond donors (Lipinski definition) is 1. The smallest absolute Gasteiger partial charge is 0.240 e. The molecule has 1 aromatic carbocycles. The average molecular weight is 354 g/mol. The summed E-state index contributed by atoms with van der Waals surface area (Å²) in [5, 5.41) is 0. The molecular weight excluding hydrogens is 331 g/mol. The van der Waals surface area contributed by atoms with E-state index in [1.807, 2.05) is 4.90 Å². The molecular formula is C17H23FN2O3S. The van der Waals surface area contributed by atoms with E-state index >= 15 is 0 Å². The van der Waals surface area contributed by atoms with Gasteiger partial charge in [-0.05, 0) is 43.4 Å². The molecule has 3 rings (SSSR count). The van der Waals surface area contributed by atoms with Gasteiger partial charge < -0.3 is 4.90 Å². The van der Waals surface area contributed by atoms with Gasteiger partial charge in [0.25, 0.3) is 0 Å². The number of carbonyl (C=O) groups is 1. The van der Waals surface area contributed by atoms with Gasteiger partial charge in [0.1, 0.15) is 5.82 Å². The topological polar surface area (TPSA) is 66.5 Å². The van der Waals surface area contributed by atoms with Crippen molar-refractivity contribution in [1.82, 2.24) is 9.62 Å². The van der Waals surface area contributed by atoms with Crippen LogP contribution in [0.3, 0.4) is 0 Å². The number of carbonyl (C=O) groups excluding carboxylic acids is 1. The van der Waals surface area contributed by atoms with E-state index in [-0.39, 0.29) is 23.3 Å². The first kappa shape index (κ1) is 17.4. The van der Waals surface area contributed by atoms with Crippen molar-refractivity contribution in [2.24, 2.45) is 5.92 Å². The number of amides is 1. The molecule has 1 amide bonds. The monoisotopic (exact) mass is 354 g/mol. The van der Waals surface area contributed by atoms with Crippen molar-refractivity contribution in [3.8, 4) is 0 Å². The molecule has 2 fully saturated rings. The lowest BCUT2D eigenvalue weighted by atomic mass is 10.1. The summed E-state index contributed by atoms with van der Waals surface area (Å²) in [5.41, 5.74) is 0.499. The van der Waals surface area contributed by atoms with Crippen molar-refractivity contribution in [3.05, 3.63) is 29.6 Å². The lowest BCUT2D eigenvalue weighted by Gasteiger charge is -2.24. The molecule has 5 nitrogen and oxygen atoms in total. The van der Waals surface area contributed by atoms with Gasteiger partial charge in [-0.25, -0.2) is 17.5 Å². The molecule has 1 heterocycles. The van der Waals surface area contributed by atoms with Crippen LogP contribution >= 0.6 is 0 Å². The summed E-state index contributed by atoms with van der Waals surface area (Å²) in [6, 6.07) is 4.04. The quantitative estimate of drug-likeness (QED) is 0.882. The second kappa shape index (κ2) is 6.80. The summed E-state index contributed by atoms with van der Waals surface area (Å²) in [4.78, 5) is 14.0. The fraction of sp³-hybridized carbons (Fsp3) is 0.588. The fourth-order valence-corrected chi connectivity index (χ4v) is 5.05. The van der Waals surface area contributed by atoms with Crippen LogP contribution in [0.5, 0.6) is 0 Å². The highest BCUT2D eigenvalue weighted by Crippen LogP contribution is 2.29. The van der Waals surface area contributed by atoms with E-state index in [0.29, 0.717) is 24.6 Å². The summed E-state index contributed by atoms with van der Waals surface area (Å²) in [6.07, 6.45) is 4.79. The van der Waals surface area contributed by atoms with Crippen LogP contribution in [0.15, 0.2) is 23.1 Å². The van der Waals surface area contributed by atoms with Crippen LogP contribution in [0.2, 0.25) is 0 Å². The molecule has 0 radical (unpaired) electrons. The Bertz CT molecular complexity index is 729. The number of rotatable bonds is 5. The second-order valence-corrected chi connectivity index (χ2v) is 8.55. The van der Waals surface area contributed by atoms with E-state index in [4.69, 9.17) is 0 Å². The van der Waals surface area contributed by atoms with Crippen LogP contribution in [0, 0.1) is 18.7 Å². The molecule has 2 aliphatic rings. The second-order valence-electron chi connectivity index (χ2n) is 6.82. The Balaban J connectivity index is 1.63. The predicted molar refractivity (Wildman–Crippen MR) is 88.4 cm³/mol. The number of sulfonamides is 1. The first-order valence-corrected chi connectivity index (χ1v) is 9.90. The summed E-state index contributed by atoms with van der Waals surface area (Å²) < 4.78 is 40.7. The van der Waals surface area contributed by atoms with Crippen molar-refractivity contribution < 1.29 is 17.6 Å². The van der Waals surface area contributed by atoms with Crippen LogP contribution in [0.25, 0.3) is 0 Å². The minimum atomic E-state index is -3.77.